The van der Waals surface area contributed by atoms with Crippen molar-refractivity contribution in [1.82, 2.24) is 5.32 Å². The van der Waals surface area contributed by atoms with E-state index in [-0.39, 0.29) is 11.0 Å². The van der Waals surface area contributed by atoms with Gasteiger partial charge in [0.15, 0.2) is 0 Å². The monoisotopic (exact) mass is 485 g/mol. The molecule has 1 heterocycles. The quantitative estimate of drug-likeness (QED) is 0.333. The van der Waals surface area contributed by atoms with Gasteiger partial charge in [0.2, 0.25) is 5.43 Å². The number of hydrogen-bond acceptors (Lipinski definition) is 4. The summed E-state index contributed by atoms with van der Waals surface area (Å²) < 4.78 is 25.5. The van der Waals surface area contributed by atoms with Crippen molar-refractivity contribution in [2.45, 2.75) is 51.2 Å². The van der Waals surface area contributed by atoms with E-state index in [9.17, 15) is 14.0 Å². The predicted molar refractivity (Wildman–Crippen MR) is 138 cm³/mol. The molecule has 0 spiro atoms. The maximum atomic E-state index is 13.9. The Morgan fingerprint density at radius 1 is 0.972 bits per heavy atom. The maximum Gasteiger partial charge on any atom is 0.408 e. The van der Waals surface area contributed by atoms with Gasteiger partial charge in [0.25, 0.3) is 0 Å². The molecular formula is C30H28FNO4. The van der Waals surface area contributed by atoms with Crippen molar-refractivity contribution in [2.24, 2.45) is 0 Å². The molecule has 5 rings (SSSR count). The summed E-state index contributed by atoms with van der Waals surface area (Å²) in [6.07, 6.45) is 2.18. The fourth-order valence-corrected chi connectivity index (χ4v) is 4.69. The van der Waals surface area contributed by atoms with Crippen LogP contribution < -0.4 is 10.7 Å². The standard InChI is InChI=1S/C30H28FNO4/c1-29(2,3)36-28(34)32-30(16-7-17-30)21-12-10-19(11-13-21)25-26(33)23-15-14-22(31)18-24(23)35-27(25)20-8-5-4-6-9-20/h4-6,8-15,18H,7,16-17H2,1-3H3,(H,32,34). The highest BCUT2D eigenvalue weighted by molar-refractivity contribution is 5.89. The zero-order valence-electron chi connectivity index (χ0n) is 20.6. The third-order valence-electron chi connectivity index (χ3n) is 6.56. The van der Waals surface area contributed by atoms with E-state index in [1.54, 1.807) is 0 Å². The van der Waals surface area contributed by atoms with E-state index in [4.69, 9.17) is 9.15 Å². The molecule has 0 unspecified atom stereocenters. The van der Waals surface area contributed by atoms with Gasteiger partial charge in [-0.15, -0.1) is 0 Å². The Kier molecular flexibility index (Phi) is 5.91. The van der Waals surface area contributed by atoms with Crippen molar-refractivity contribution in [3.05, 3.63) is 94.4 Å². The molecule has 184 valence electrons. The molecule has 5 nitrogen and oxygen atoms in total. The van der Waals surface area contributed by atoms with Crippen LogP contribution in [0.15, 0.2) is 82.0 Å². The van der Waals surface area contributed by atoms with Crippen LogP contribution in [-0.2, 0) is 10.3 Å². The second kappa shape index (κ2) is 8.94. The molecule has 6 heteroatoms. The van der Waals surface area contributed by atoms with E-state index in [1.807, 2.05) is 75.4 Å². The number of fused-ring (bicyclic) bond motifs is 1. The highest BCUT2D eigenvalue weighted by Gasteiger charge is 2.41. The van der Waals surface area contributed by atoms with Crippen molar-refractivity contribution < 1.29 is 18.3 Å². The molecule has 1 saturated carbocycles. The highest BCUT2D eigenvalue weighted by Crippen LogP contribution is 2.42. The van der Waals surface area contributed by atoms with E-state index in [0.29, 0.717) is 22.3 Å². The summed E-state index contributed by atoms with van der Waals surface area (Å²) in [6, 6.07) is 20.9. The van der Waals surface area contributed by atoms with Gasteiger partial charge in [-0.05, 0) is 63.3 Å². The molecule has 0 aliphatic heterocycles. The van der Waals surface area contributed by atoms with E-state index in [0.717, 1.165) is 30.4 Å². The van der Waals surface area contributed by atoms with Crippen molar-refractivity contribution in [3.8, 4) is 22.5 Å². The number of benzene rings is 3. The Morgan fingerprint density at radius 3 is 2.28 bits per heavy atom. The summed E-state index contributed by atoms with van der Waals surface area (Å²) in [5, 5.41) is 3.38. The van der Waals surface area contributed by atoms with Crippen LogP contribution in [0, 0.1) is 5.82 Å². The van der Waals surface area contributed by atoms with Crippen molar-refractivity contribution in [1.29, 1.82) is 0 Å². The van der Waals surface area contributed by atoms with Gasteiger partial charge in [-0.25, -0.2) is 9.18 Å². The minimum Gasteiger partial charge on any atom is -0.455 e. The summed E-state index contributed by atoms with van der Waals surface area (Å²) in [7, 11) is 0. The Hall–Kier alpha value is -3.93. The minimum atomic E-state index is -0.584. The van der Waals surface area contributed by atoms with Crippen LogP contribution in [0.5, 0.6) is 0 Å². The third-order valence-corrected chi connectivity index (χ3v) is 6.56. The van der Waals surface area contributed by atoms with Crippen LogP contribution in [0.3, 0.4) is 0 Å². The molecule has 1 amide bonds. The average molecular weight is 486 g/mol. The summed E-state index contributed by atoms with van der Waals surface area (Å²) >= 11 is 0. The molecule has 1 fully saturated rings. The SMILES string of the molecule is CC(C)(C)OC(=O)NC1(c2ccc(-c3c(-c4ccccc4)oc4cc(F)ccc4c3=O)cc2)CCC1. The lowest BCUT2D eigenvalue weighted by molar-refractivity contribution is 0.0377. The van der Waals surface area contributed by atoms with Crippen LogP contribution >= 0.6 is 0 Å². The number of hydrogen-bond donors (Lipinski definition) is 1. The van der Waals surface area contributed by atoms with Gasteiger partial charge < -0.3 is 14.5 Å². The molecule has 1 aliphatic carbocycles. The molecule has 0 radical (unpaired) electrons. The zero-order valence-corrected chi connectivity index (χ0v) is 20.6. The number of carbonyl (C=O) groups is 1. The second-order valence-corrected chi connectivity index (χ2v) is 10.3. The summed E-state index contributed by atoms with van der Waals surface area (Å²) in [5.41, 5.74) is 1.68. The van der Waals surface area contributed by atoms with Crippen LogP contribution in [0.25, 0.3) is 33.4 Å². The van der Waals surface area contributed by atoms with Gasteiger partial charge in [0.05, 0.1) is 16.5 Å². The lowest BCUT2D eigenvalue weighted by Crippen LogP contribution is -2.52. The van der Waals surface area contributed by atoms with Gasteiger partial charge in [-0.1, -0.05) is 54.6 Å². The topological polar surface area (TPSA) is 68.5 Å². The Bertz CT molecular complexity index is 1480. The normalized spacial score (nSPS) is 14.8. The Labute approximate surface area is 208 Å². The van der Waals surface area contributed by atoms with Crippen LogP contribution in [0.4, 0.5) is 9.18 Å². The average Bonchev–Trinajstić information content (AvgIpc) is 2.81. The first-order valence-corrected chi connectivity index (χ1v) is 12.1. The zero-order chi connectivity index (χ0) is 25.5. The first-order chi connectivity index (χ1) is 17.2. The van der Waals surface area contributed by atoms with Crippen LogP contribution in [-0.4, -0.2) is 11.7 Å². The van der Waals surface area contributed by atoms with Crippen LogP contribution in [0.1, 0.15) is 45.6 Å². The number of carbonyl (C=O) groups excluding carboxylic acids is 1. The predicted octanol–water partition coefficient (Wildman–Crippen LogP) is 7.17. The molecule has 1 aromatic heterocycles. The fraction of sp³-hybridized carbons (Fsp3) is 0.267. The molecule has 4 aromatic rings. The van der Waals surface area contributed by atoms with Gasteiger partial charge in [-0.2, -0.15) is 0 Å². The van der Waals surface area contributed by atoms with Crippen molar-refractivity contribution in [2.75, 3.05) is 0 Å². The Balaban J connectivity index is 1.57. The molecule has 0 atom stereocenters. The number of nitrogens with one attached hydrogen (secondary N) is 1. The summed E-state index contributed by atoms with van der Waals surface area (Å²) in [4.78, 5) is 26.1. The fourth-order valence-electron chi connectivity index (χ4n) is 4.69. The molecule has 36 heavy (non-hydrogen) atoms. The summed E-state index contributed by atoms with van der Waals surface area (Å²) in [6.45, 7) is 5.51. The summed E-state index contributed by atoms with van der Waals surface area (Å²) in [5.74, 6) is -0.0817. The lowest BCUT2D eigenvalue weighted by Gasteiger charge is -2.43. The number of ether oxygens (including phenoxy) is 1. The maximum absolute atomic E-state index is 13.9. The van der Waals surface area contributed by atoms with E-state index in [2.05, 4.69) is 5.32 Å². The molecule has 3 aromatic carbocycles. The van der Waals surface area contributed by atoms with E-state index >= 15 is 0 Å². The Morgan fingerprint density at radius 2 is 1.67 bits per heavy atom. The highest BCUT2D eigenvalue weighted by atomic mass is 19.1. The van der Waals surface area contributed by atoms with Crippen molar-refractivity contribution in [3.63, 3.8) is 0 Å². The molecule has 0 saturated heterocycles. The number of alkyl carbamates (subject to hydrolysis) is 1. The molecular weight excluding hydrogens is 457 g/mol. The first kappa shape index (κ1) is 23.8. The van der Waals surface area contributed by atoms with Crippen LogP contribution in [0.2, 0.25) is 0 Å². The molecule has 1 aliphatic rings. The number of rotatable bonds is 4. The van der Waals surface area contributed by atoms with Gasteiger partial charge in [-0.3, -0.25) is 4.79 Å². The minimum absolute atomic E-state index is 0.203. The van der Waals surface area contributed by atoms with Gasteiger partial charge in [0.1, 0.15) is 22.8 Å². The molecule has 1 N–H and O–H groups in total. The van der Waals surface area contributed by atoms with Gasteiger partial charge >= 0.3 is 6.09 Å². The number of amides is 1. The van der Waals surface area contributed by atoms with Crippen molar-refractivity contribution >= 4 is 17.1 Å². The number of halogens is 1. The molecule has 0 bridgehead atoms. The van der Waals surface area contributed by atoms with E-state index in [1.165, 1.54) is 18.2 Å². The first-order valence-electron chi connectivity index (χ1n) is 12.1. The largest absolute Gasteiger partial charge is 0.455 e. The third kappa shape index (κ3) is 4.51. The smallest absolute Gasteiger partial charge is 0.408 e. The second-order valence-electron chi connectivity index (χ2n) is 10.3. The van der Waals surface area contributed by atoms with E-state index < -0.39 is 23.1 Å². The van der Waals surface area contributed by atoms with Gasteiger partial charge in [0, 0.05) is 11.6 Å². The lowest BCUT2D eigenvalue weighted by atomic mass is 9.71.